The summed E-state index contributed by atoms with van der Waals surface area (Å²) in [7, 11) is -3.44. The van der Waals surface area contributed by atoms with Crippen molar-refractivity contribution < 1.29 is 8.42 Å². The number of rotatable bonds is 9. The van der Waals surface area contributed by atoms with Crippen LogP contribution in [0.15, 0.2) is 30.3 Å². The smallest absolute Gasteiger partial charge is 0.276 e. The molecule has 0 saturated carbocycles. The molecule has 136 valence electrons. The van der Waals surface area contributed by atoms with Crippen molar-refractivity contribution in [1.82, 2.24) is 19.2 Å². The van der Waals surface area contributed by atoms with E-state index >= 15 is 0 Å². The Hall–Kier alpha value is -0.990. The van der Waals surface area contributed by atoms with Gasteiger partial charge in [-0.25, -0.2) is 9.44 Å². The second-order valence-electron chi connectivity index (χ2n) is 6.14. The number of piperazine rings is 1. The molecule has 0 spiro atoms. The van der Waals surface area contributed by atoms with Crippen LogP contribution in [-0.2, 0) is 10.2 Å². The minimum absolute atomic E-state index is 0.0587. The molecule has 24 heavy (non-hydrogen) atoms. The number of benzene rings is 1. The Labute approximate surface area is 146 Å². The summed E-state index contributed by atoms with van der Waals surface area (Å²) in [5, 5.41) is 0. The van der Waals surface area contributed by atoms with Crippen LogP contribution in [0.3, 0.4) is 0 Å². The van der Waals surface area contributed by atoms with Crippen LogP contribution in [0.25, 0.3) is 0 Å². The van der Waals surface area contributed by atoms with Crippen LogP contribution in [0.4, 0.5) is 0 Å². The van der Waals surface area contributed by atoms with Crippen LogP contribution in [0.5, 0.6) is 0 Å². The average Bonchev–Trinajstić information content (AvgIpc) is 2.61. The zero-order chi connectivity index (χ0) is 17.4. The van der Waals surface area contributed by atoms with Gasteiger partial charge in [0, 0.05) is 45.3 Å². The Morgan fingerprint density at radius 3 is 2.29 bits per heavy atom. The standard InChI is InChI=1S/C17H30N4O2S/c1-3-10-18-24(22,23)19-15-17(16-8-6-5-7-9-16)21-13-11-20(4-2)12-14-21/h5-9,17-19H,3-4,10-15H2,1-2H3. The maximum Gasteiger partial charge on any atom is 0.276 e. The van der Waals surface area contributed by atoms with Gasteiger partial charge >= 0.3 is 0 Å². The molecule has 1 aromatic carbocycles. The largest absolute Gasteiger partial charge is 0.301 e. The summed E-state index contributed by atoms with van der Waals surface area (Å²) in [6.45, 7) is 10.0. The molecule has 1 aliphatic heterocycles. The van der Waals surface area contributed by atoms with Gasteiger partial charge in [-0.3, -0.25) is 4.90 Å². The van der Waals surface area contributed by atoms with Gasteiger partial charge in [-0.15, -0.1) is 0 Å². The Bertz CT molecular complexity index is 572. The number of nitrogens with zero attached hydrogens (tertiary/aromatic N) is 2. The molecule has 1 aliphatic rings. The van der Waals surface area contributed by atoms with Gasteiger partial charge in [0.05, 0.1) is 0 Å². The summed E-state index contributed by atoms with van der Waals surface area (Å²) in [6.07, 6.45) is 0.780. The molecule has 1 saturated heterocycles. The first-order valence-corrected chi connectivity index (χ1v) is 10.3. The van der Waals surface area contributed by atoms with E-state index in [1.807, 2.05) is 25.1 Å². The second kappa shape index (κ2) is 9.48. The highest BCUT2D eigenvalue weighted by Crippen LogP contribution is 2.21. The van der Waals surface area contributed by atoms with E-state index in [9.17, 15) is 8.42 Å². The quantitative estimate of drug-likeness (QED) is 0.699. The lowest BCUT2D eigenvalue weighted by molar-refractivity contribution is 0.100. The Morgan fingerprint density at radius 1 is 1.04 bits per heavy atom. The minimum atomic E-state index is -3.44. The first-order valence-electron chi connectivity index (χ1n) is 8.81. The van der Waals surface area contributed by atoms with E-state index < -0.39 is 10.2 Å². The van der Waals surface area contributed by atoms with Gasteiger partial charge in [-0.2, -0.15) is 8.42 Å². The Balaban J connectivity index is 2.04. The van der Waals surface area contributed by atoms with Crippen molar-refractivity contribution in [2.24, 2.45) is 0 Å². The third-order valence-electron chi connectivity index (χ3n) is 4.49. The number of nitrogens with one attached hydrogen (secondary N) is 2. The minimum Gasteiger partial charge on any atom is -0.301 e. The van der Waals surface area contributed by atoms with E-state index in [-0.39, 0.29) is 6.04 Å². The molecular weight excluding hydrogens is 324 g/mol. The molecule has 7 heteroatoms. The van der Waals surface area contributed by atoms with Crippen molar-refractivity contribution in [3.8, 4) is 0 Å². The van der Waals surface area contributed by atoms with Crippen molar-refractivity contribution >= 4 is 10.2 Å². The number of likely N-dealkylation sites (N-methyl/N-ethyl adjacent to an activating group) is 1. The van der Waals surface area contributed by atoms with E-state index in [0.717, 1.165) is 44.7 Å². The van der Waals surface area contributed by atoms with Gasteiger partial charge < -0.3 is 4.90 Å². The van der Waals surface area contributed by atoms with Crippen LogP contribution in [0, 0.1) is 0 Å². The van der Waals surface area contributed by atoms with E-state index in [1.165, 1.54) is 0 Å². The number of hydrogen-bond donors (Lipinski definition) is 2. The molecule has 6 nitrogen and oxygen atoms in total. The summed E-state index contributed by atoms with van der Waals surface area (Å²) >= 11 is 0. The second-order valence-corrected chi connectivity index (χ2v) is 7.73. The van der Waals surface area contributed by atoms with Crippen molar-refractivity contribution in [3.63, 3.8) is 0 Å². The molecule has 1 unspecified atom stereocenters. The molecule has 0 bridgehead atoms. The van der Waals surface area contributed by atoms with Crippen LogP contribution in [0.1, 0.15) is 31.9 Å². The zero-order valence-corrected chi connectivity index (χ0v) is 15.6. The third-order valence-corrected chi connectivity index (χ3v) is 5.62. The predicted octanol–water partition coefficient (Wildman–Crippen LogP) is 1.20. The monoisotopic (exact) mass is 354 g/mol. The summed E-state index contributed by atoms with van der Waals surface area (Å²) in [5.74, 6) is 0. The van der Waals surface area contributed by atoms with Gasteiger partial charge in [-0.1, -0.05) is 44.2 Å². The highest BCUT2D eigenvalue weighted by atomic mass is 32.2. The highest BCUT2D eigenvalue weighted by Gasteiger charge is 2.25. The normalized spacial score (nSPS) is 18.6. The van der Waals surface area contributed by atoms with Crippen molar-refractivity contribution in [2.75, 3.05) is 45.8 Å². The fourth-order valence-electron chi connectivity index (χ4n) is 3.00. The van der Waals surface area contributed by atoms with E-state index in [4.69, 9.17) is 0 Å². The fraction of sp³-hybridized carbons (Fsp3) is 0.647. The fourth-order valence-corrected chi connectivity index (χ4v) is 3.95. The first-order chi connectivity index (χ1) is 11.6. The first kappa shape index (κ1) is 19.3. The molecule has 0 aliphatic carbocycles. The molecule has 0 aromatic heterocycles. The van der Waals surface area contributed by atoms with Crippen LogP contribution in [0.2, 0.25) is 0 Å². The third kappa shape index (κ3) is 5.82. The van der Waals surface area contributed by atoms with E-state index in [2.05, 4.69) is 38.3 Å². The summed E-state index contributed by atoms with van der Waals surface area (Å²) < 4.78 is 29.4. The van der Waals surface area contributed by atoms with Crippen molar-refractivity contribution in [3.05, 3.63) is 35.9 Å². The zero-order valence-electron chi connectivity index (χ0n) is 14.7. The van der Waals surface area contributed by atoms with Gasteiger partial charge in [-0.05, 0) is 18.5 Å². The average molecular weight is 355 g/mol. The lowest BCUT2D eigenvalue weighted by Gasteiger charge is -2.39. The topological polar surface area (TPSA) is 64.7 Å². The van der Waals surface area contributed by atoms with E-state index in [1.54, 1.807) is 0 Å². The lowest BCUT2D eigenvalue weighted by Crippen LogP contribution is -2.50. The van der Waals surface area contributed by atoms with E-state index in [0.29, 0.717) is 13.1 Å². The SMILES string of the molecule is CCCNS(=O)(=O)NCC(c1ccccc1)N1CCN(CC)CC1. The molecule has 1 heterocycles. The molecule has 1 aromatic rings. The maximum absolute atomic E-state index is 12.1. The van der Waals surface area contributed by atoms with Gasteiger partial charge in [0.25, 0.3) is 10.2 Å². The lowest BCUT2D eigenvalue weighted by atomic mass is 10.0. The summed E-state index contributed by atoms with van der Waals surface area (Å²) in [5.41, 5.74) is 1.15. The highest BCUT2D eigenvalue weighted by molar-refractivity contribution is 7.87. The van der Waals surface area contributed by atoms with Crippen molar-refractivity contribution in [1.29, 1.82) is 0 Å². The molecular formula is C17H30N4O2S. The van der Waals surface area contributed by atoms with Crippen LogP contribution < -0.4 is 9.44 Å². The maximum atomic E-state index is 12.1. The molecule has 2 N–H and O–H groups in total. The van der Waals surface area contributed by atoms with Crippen LogP contribution >= 0.6 is 0 Å². The summed E-state index contributed by atoms with van der Waals surface area (Å²) in [6, 6.07) is 10.2. The van der Waals surface area contributed by atoms with Gasteiger partial charge in [0.2, 0.25) is 0 Å². The Morgan fingerprint density at radius 2 is 1.71 bits per heavy atom. The van der Waals surface area contributed by atoms with Crippen molar-refractivity contribution in [2.45, 2.75) is 26.3 Å². The predicted molar refractivity (Wildman–Crippen MR) is 98.1 cm³/mol. The molecule has 2 rings (SSSR count). The summed E-state index contributed by atoms with van der Waals surface area (Å²) in [4.78, 5) is 4.80. The van der Waals surface area contributed by atoms with Crippen LogP contribution in [-0.4, -0.2) is 64.0 Å². The number of hydrogen-bond acceptors (Lipinski definition) is 4. The molecule has 0 amide bonds. The molecule has 1 fully saturated rings. The Kier molecular flexibility index (Phi) is 7.64. The molecule has 1 atom stereocenters. The molecule has 0 radical (unpaired) electrons. The van der Waals surface area contributed by atoms with Gasteiger partial charge in [0.15, 0.2) is 0 Å². The van der Waals surface area contributed by atoms with Gasteiger partial charge in [0.1, 0.15) is 0 Å².